The summed E-state index contributed by atoms with van der Waals surface area (Å²) in [5.41, 5.74) is -0.0200. The Bertz CT molecular complexity index is 828. The number of nitrogens with zero attached hydrogens (tertiary/aromatic N) is 3. The molecule has 9 heteroatoms. The van der Waals surface area contributed by atoms with Crippen LogP contribution in [-0.2, 0) is 6.54 Å². The molecule has 0 aliphatic carbocycles. The van der Waals surface area contributed by atoms with Gasteiger partial charge in [0.1, 0.15) is 11.6 Å². The van der Waals surface area contributed by atoms with Crippen LogP contribution in [0.2, 0.25) is 0 Å². The molecule has 0 atom stereocenters. The summed E-state index contributed by atoms with van der Waals surface area (Å²) in [6.45, 7) is 0.141. The number of aromatic nitrogens is 5. The van der Waals surface area contributed by atoms with Crippen molar-refractivity contribution < 1.29 is 8.78 Å². The lowest BCUT2D eigenvalue weighted by molar-refractivity contribution is 0.141. The summed E-state index contributed by atoms with van der Waals surface area (Å²) in [6.07, 6.45) is -2.76. The molecule has 3 aromatic rings. The summed E-state index contributed by atoms with van der Waals surface area (Å²) in [4.78, 5) is 21.0. The molecule has 3 N–H and O–H groups in total. The quantitative estimate of drug-likeness (QED) is 0.678. The topological polar surface area (TPSA) is 99.3 Å². The van der Waals surface area contributed by atoms with E-state index in [9.17, 15) is 13.6 Å². The Kier molecular flexibility index (Phi) is 3.30. The fourth-order valence-electron chi connectivity index (χ4n) is 1.88. The van der Waals surface area contributed by atoms with Gasteiger partial charge in [0.25, 0.3) is 6.43 Å². The molecule has 0 aliphatic heterocycles. The monoisotopic (exact) mass is 292 g/mol. The minimum atomic E-state index is -2.76. The highest BCUT2D eigenvalue weighted by Crippen LogP contribution is 2.24. The van der Waals surface area contributed by atoms with E-state index in [1.54, 1.807) is 24.3 Å². The molecule has 0 unspecified atom stereocenters. The normalized spacial score (nSPS) is 11.2. The highest BCUT2D eigenvalue weighted by Gasteiger charge is 2.15. The van der Waals surface area contributed by atoms with Crippen molar-refractivity contribution in [1.29, 1.82) is 0 Å². The van der Waals surface area contributed by atoms with E-state index in [1.807, 2.05) is 0 Å². The van der Waals surface area contributed by atoms with Crippen LogP contribution in [0.25, 0.3) is 10.9 Å². The third kappa shape index (κ3) is 2.71. The number of aromatic amines is 2. The molecular weight excluding hydrogens is 282 g/mol. The summed E-state index contributed by atoms with van der Waals surface area (Å²) >= 11 is 0. The van der Waals surface area contributed by atoms with Crippen molar-refractivity contribution in [1.82, 2.24) is 25.1 Å². The molecule has 0 bridgehead atoms. The zero-order chi connectivity index (χ0) is 14.8. The first-order valence-corrected chi connectivity index (χ1v) is 6.06. The van der Waals surface area contributed by atoms with Crippen LogP contribution in [0.5, 0.6) is 0 Å². The van der Waals surface area contributed by atoms with E-state index in [2.05, 4.69) is 30.5 Å². The lowest BCUT2D eigenvalue weighted by atomic mass is 10.2. The van der Waals surface area contributed by atoms with Crippen molar-refractivity contribution in [3.63, 3.8) is 0 Å². The third-order valence-electron chi connectivity index (χ3n) is 2.79. The van der Waals surface area contributed by atoms with Gasteiger partial charge in [0.05, 0.1) is 12.1 Å². The number of para-hydroxylation sites is 1. The lowest BCUT2D eigenvalue weighted by Crippen LogP contribution is -2.08. The summed E-state index contributed by atoms with van der Waals surface area (Å²) in [5.74, 6) is 0.0627. The first kappa shape index (κ1) is 13.2. The third-order valence-corrected chi connectivity index (χ3v) is 2.79. The molecule has 0 radical (unpaired) electrons. The van der Waals surface area contributed by atoms with Gasteiger partial charge in [-0.05, 0) is 12.1 Å². The van der Waals surface area contributed by atoms with E-state index in [0.29, 0.717) is 16.7 Å². The maximum Gasteiger partial charge on any atom is 0.340 e. The molecule has 0 amide bonds. The predicted molar refractivity (Wildman–Crippen MR) is 71.0 cm³/mol. The van der Waals surface area contributed by atoms with Crippen LogP contribution in [0.15, 0.2) is 29.1 Å². The SMILES string of the molecule is O=c1[nH]nc(CNc2nc(C(F)F)nc3ccccc23)[nH]1. The fraction of sp³-hybridized carbons (Fsp3) is 0.167. The average molecular weight is 292 g/mol. The highest BCUT2D eigenvalue weighted by atomic mass is 19.3. The number of alkyl halides is 2. The van der Waals surface area contributed by atoms with Gasteiger partial charge in [0.2, 0.25) is 0 Å². The number of hydrogen-bond donors (Lipinski definition) is 3. The number of rotatable bonds is 4. The average Bonchev–Trinajstić information content (AvgIpc) is 2.90. The number of nitrogens with one attached hydrogen (secondary N) is 3. The second-order valence-corrected chi connectivity index (χ2v) is 4.23. The van der Waals surface area contributed by atoms with Crippen LogP contribution >= 0.6 is 0 Å². The summed E-state index contributed by atoms with van der Waals surface area (Å²) < 4.78 is 25.6. The highest BCUT2D eigenvalue weighted by molar-refractivity contribution is 5.88. The van der Waals surface area contributed by atoms with E-state index in [1.165, 1.54) is 0 Å². The molecule has 2 heterocycles. The molecule has 0 saturated heterocycles. The Morgan fingerprint density at radius 3 is 2.76 bits per heavy atom. The number of hydrogen-bond acceptors (Lipinski definition) is 5. The zero-order valence-electron chi connectivity index (χ0n) is 10.6. The molecule has 0 fully saturated rings. The Hall–Kier alpha value is -2.84. The Morgan fingerprint density at radius 2 is 2.05 bits per heavy atom. The molecule has 108 valence electrons. The lowest BCUT2D eigenvalue weighted by Gasteiger charge is -2.09. The van der Waals surface area contributed by atoms with Crippen LogP contribution in [0.3, 0.4) is 0 Å². The van der Waals surface area contributed by atoms with Gasteiger partial charge >= 0.3 is 5.69 Å². The number of fused-ring (bicyclic) bond motifs is 1. The van der Waals surface area contributed by atoms with Gasteiger partial charge in [-0.25, -0.2) is 28.6 Å². The second kappa shape index (κ2) is 5.27. The Morgan fingerprint density at radius 1 is 1.24 bits per heavy atom. The summed E-state index contributed by atoms with van der Waals surface area (Å²) in [7, 11) is 0. The van der Waals surface area contributed by atoms with E-state index in [4.69, 9.17) is 0 Å². The van der Waals surface area contributed by atoms with Gasteiger partial charge in [-0.2, -0.15) is 5.10 Å². The molecule has 0 aliphatic rings. The molecule has 1 aromatic carbocycles. The smallest absolute Gasteiger partial charge is 0.340 e. The first-order chi connectivity index (χ1) is 10.1. The van der Waals surface area contributed by atoms with Gasteiger partial charge in [0.15, 0.2) is 5.82 Å². The number of halogens is 2. The van der Waals surface area contributed by atoms with Crippen LogP contribution in [0, 0.1) is 0 Å². The number of benzene rings is 1. The van der Waals surface area contributed by atoms with Crippen molar-refractivity contribution in [2.24, 2.45) is 0 Å². The van der Waals surface area contributed by atoms with E-state index in [-0.39, 0.29) is 12.4 Å². The first-order valence-electron chi connectivity index (χ1n) is 6.06. The van der Waals surface area contributed by atoms with Gasteiger partial charge in [-0.1, -0.05) is 12.1 Å². The zero-order valence-corrected chi connectivity index (χ0v) is 10.6. The number of H-pyrrole nitrogens is 2. The Labute approximate surface area is 116 Å². The number of anilines is 1. The van der Waals surface area contributed by atoms with Gasteiger partial charge in [-0.3, -0.25) is 4.98 Å². The van der Waals surface area contributed by atoms with Gasteiger partial charge < -0.3 is 5.32 Å². The standard InChI is InChI=1S/C12H10F2N6O/c13-9(14)11-16-7-4-2-1-3-6(7)10(18-11)15-5-8-17-12(21)20-19-8/h1-4,9H,5H2,(H,15,16,18)(H2,17,19,20,21). The molecule has 2 aromatic heterocycles. The minimum absolute atomic E-state index is 0.141. The maximum absolute atomic E-state index is 12.8. The molecule has 21 heavy (non-hydrogen) atoms. The summed E-state index contributed by atoms with van der Waals surface area (Å²) in [6, 6.07) is 6.82. The van der Waals surface area contributed by atoms with Crippen molar-refractivity contribution in [2.75, 3.05) is 5.32 Å². The van der Waals surface area contributed by atoms with Crippen molar-refractivity contribution >= 4 is 16.7 Å². The molecule has 7 nitrogen and oxygen atoms in total. The fourth-order valence-corrected chi connectivity index (χ4v) is 1.88. The van der Waals surface area contributed by atoms with E-state index in [0.717, 1.165) is 0 Å². The van der Waals surface area contributed by atoms with E-state index >= 15 is 0 Å². The maximum atomic E-state index is 12.8. The van der Waals surface area contributed by atoms with Crippen LogP contribution in [0.4, 0.5) is 14.6 Å². The largest absolute Gasteiger partial charge is 0.362 e. The van der Waals surface area contributed by atoms with E-state index < -0.39 is 17.9 Å². The van der Waals surface area contributed by atoms with Gasteiger partial charge in [-0.15, -0.1) is 0 Å². The van der Waals surface area contributed by atoms with Crippen LogP contribution in [0.1, 0.15) is 18.1 Å². The van der Waals surface area contributed by atoms with Gasteiger partial charge in [0, 0.05) is 5.39 Å². The molecular formula is C12H10F2N6O. The molecule has 0 spiro atoms. The summed E-state index contributed by atoms with van der Waals surface area (Å²) in [5, 5.41) is 9.43. The van der Waals surface area contributed by atoms with Crippen molar-refractivity contribution in [2.45, 2.75) is 13.0 Å². The van der Waals surface area contributed by atoms with Crippen molar-refractivity contribution in [3.05, 3.63) is 46.4 Å². The Balaban J connectivity index is 1.97. The second-order valence-electron chi connectivity index (χ2n) is 4.23. The minimum Gasteiger partial charge on any atom is -0.362 e. The predicted octanol–water partition coefficient (Wildman–Crippen LogP) is 1.59. The van der Waals surface area contributed by atoms with Crippen LogP contribution < -0.4 is 11.0 Å². The molecule has 0 saturated carbocycles. The molecule has 3 rings (SSSR count). The van der Waals surface area contributed by atoms with Crippen LogP contribution in [-0.4, -0.2) is 25.1 Å². The van der Waals surface area contributed by atoms with Crippen molar-refractivity contribution in [3.8, 4) is 0 Å².